The molecule has 1 atom stereocenters. The van der Waals surface area contributed by atoms with E-state index in [9.17, 15) is 4.79 Å². The van der Waals surface area contributed by atoms with Crippen molar-refractivity contribution in [3.05, 3.63) is 39.8 Å². The first-order chi connectivity index (χ1) is 10.1. The van der Waals surface area contributed by atoms with Gasteiger partial charge < -0.3 is 10.1 Å². The van der Waals surface area contributed by atoms with Crippen LogP contribution in [0.3, 0.4) is 0 Å². The third-order valence-electron chi connectivity index (χ3n) is 3.43. The summed E-state index contributed by atoms with van der Waals surface area (Å²) in [6.07, 6.45) is 0. The van der Waals surface area contributed by atoms with E-state index in [1.54, 1.807) is 14.2 Å². The van der Waals surface area contributed by atoms with Gasteiger partial charge in [-0.1, -0.05) is 17.8 Å². The van der Waals surface area contributed by atoms with Crippen molar-refractivity contribution in [1.29, 1.82) is 0 Å². The average Bonchev–Trinajstić information content (AvgIpc) is 2.83. The van der Waals surface area contributed by atoms with Crippen LogP contribution in [-0.4, -0.2) is 28.9 Å². The molecule has 7 heteroatoms. The zero-order chi connectivity index (χ0) is 15.4. The van der Waals surface area contributed by atoms with Crippen molar-refractivity contribution < 1.29 is 4.74 Å². The number of thioether (sulfide) groups is 1. The minimum absolute atomic E-state index is 0.206. The highest BCUT2D eigenvalue weighted by Crippen LogP contribution is 2.28. The Morgan fingerprint density at radius 2 is 2.29 bits per heavy atom. The van der Waals surface area contributed by atoms with E-state index in [0.29, 0.717) is 10.9 Å². The first kappa shape index (κ1) is 15.7. The molecule has 1 unspecified atom stereocenters. The van der Waals surface area contributed by atoms with Gasteiger partial charge in [-0.25, -0.2) is 9.89 Å². The Morgan fingerprint density at radius 3 is 2.86 bits per heavy atom. The maximum Gasteiger partial charge on any atom is 0.343 e. The van der Waals surface area contributed by atoms with Crippen molar-refractivity contribution in [3.63, 3.8) is 0 Å². The number of nitrogens with zero attached hydrogens (tertiary/aromatic N) is 2. The van der Waals surface area contributed by atoms with E-state index in [2.05, 4.69) is 34.6 Å². The molecule has 0 fully saturated rings. The molecule has 0 aliphatic carbocycles. The number of aromatic nitrogens is 3. The van der Waals surface area contributed by atoms with Crippen molar-refractivity contribution in [2.24, 2.45) is 7.05 Å². The molecule has 1 aromatic carbocycles. The molecule has 2 rings (SSSR count). The number of ether oxygens (including phenoxy) is 1. The van der Waals surface area contributed by atoms with Gasteiger partial charge in [0, 0.05) is 24.4 Å². The predicted molar refractivity (Wildman–Crippen MR) is 83.9 cm³/mol. The molecule has 1 aromatic heterocycles. The van der Waals surface area contributed by atoms with Crippen molar-refractivity contribution in [1.82, 2.24) is 20.1 Å². The summed E-state index contributed by atoms with van der Waals surface area (Å²) in [7, 11) is 5.29. The number of benzene rings is 1. The molecule has 1 heterocycles. The Labute approximate surface area is 127 Å². The second kappa shape index (κ2) is 6.82. The van der Waals surface area contributed by atoms with Gasteiger partial charge in [0.05, 0.1) is 7.11 Å². The molecule has 114 valence electrons. The maximum absolute atomic E-state index is 11.4. The topological polar surface area (TPSA) is 71.9 Å². The van der Waals surface area contributed by atoms with Crippen molar-refractivity contribution in [3.8, 4) is 5.75 Å². The smallest absolute Gasteiger partial charge is 0.343 e. The Hall–Kier alpha value is -1.73. The molecule has 0 saturated carbocycles. The lowest BCUT2D eigenvalue weighted by atomic mass is 10.1. The van der Waals surface area contributed by atoms with Crippen LogP contribution in [0.2, 0.25) is 0 Å². The Bertz CT molecular complexity index is 665. The molecular weight excluding hydrogens is 288 g/mol. The van der Waals surface area contributed by atoms with E-state index in [-0.39, 0.29) is 11.7 Å². The Kier molecular flexibility index (Phi) is 5.08. The van der Waals surface area contributed by atoms with Crippen LogP contribution in [0.5, 0.6) is 5.75 Å². The van der Waals surface area contributed by atoms with Crippen LogP contribution in [0.25, 0.3) is 0 Å². The summed E-state index contributed by atoms with van der Waals surface area (Å²) >= 11 is 1.50. The molecule has 0 saturated heterocycles. The normalized spacial score (nSPS) is 12.4. The van der Waals surface area contributed by atoms with Crippen LogP contribution in [0.1, 0.15) is 24.1 Å². The molecule has 2 aromatic rings. The van der Waals surface area contributed by atoms with Crippen LogP contribution < -0.4 is 15.7 Å². The van der Waals surface area contributed by atoms with Gasteiger partial charge in [-0.3, -0.25) is 4.57 Å². The summed E-state index contributed by atoms with van der Waals surface area (Å²) in [6, 6.07) is 6.42. The molecule has 21 heavy (non-hydrogen) atoms. The minimum atomic E-state index is -0.206. The number of hydrogen-bond acceptors (Lipinski definition) is 5. The summed E-state index contributed by atoms with van der Waals surface area (Å²) < 4.78 is 6.90. The van der Waals surface area contributed by atoms with Gasteiger partial charge in [0.15, 0.2) is 5.16 Å². The quantitative estimate of drug-likeness (QED) is 0.795. The largest absolute Gasteiger partial charge is 0.496 e. The van der Waals surface area contributed by atoms with Gasteiger partial charge in [-0.05, 0) is 31.7 Å². The van der Waals surface area contributed by atoms with E-state index >= 15 is 0 Å². The van der Waals surface area contributed by atoms with E-state index in [1.165, 1.54) is 21.9 Å². The van der Waals surface area contributed by atoms with Gasteiger partial charge in [0.25, 0.3) is 0 Å². The molecule has 0 bridgehead atoms. The summed E-state index contributed by atoms with van der Waals surface area (Å²) in [5.74, 6) is 1.53. The Balaban J connectivity index is 2.21. The third-order valence-corrected chi connectivity index (χ3v) is 4.51. The van der Waals surface area contributed by atoms with Gasteiger partial charge >= 0.3 is 5.69 Å². The molecule has 0 amide bonds. The number of nitrogens with one attached hydrogen (secondary N) is 2. The second-order valence-electron chi connectivity index (χ2n) is 4.74. The molecule has 2 N–H and O–H groups in total. The summed E-state index contributed by atoms with van der Waals surface area (Å²) in [4.78, 5) is 11.4. The van der Waals surface area contributed by atoms with Crippen LogP contribution in [0, 0.1) is 0 Å². The monoisotopic (exact) mass is 308 g/mol. The Morgan fingerprint density at radius 1 is 1.52 bits per heavy atom. The summed E-state index contributed by atoms with van der Waals surface area (Å²) in [6.45, 7) is 2.11. The third kappa shape index (κ3) is 3.48. The minimum Gasteiger partial charge on any atom is -0.496 e. The second-order valence-corrected chi connectivity index (χ2v) is 5.68. The molecular formula is C14H20N4O2S. The van der Waals surface area contributed by atoms with Crippen LogP contribution in [0.4, 0.5) is 0 Å². The van der Waals surface area contributed by atoms with E-state index in [4.69, 9.17) is 4.74 Å². The molecule has 6 nitrogen and oxygen atoms in total. The maximum atomic E-state index is 11.4. The summed E-state index contributed by atoms with van der Waals surface area (Å²) in [5, 5.41) is 10.3. The van der Waals surface area contributed by atoms with Gasteiger partial charge in [0.2, 0.25) is 0 Å². The molecule has 0 aliphatic rings. The molecule has 0 spiro atoms. The van der Waals surface area contributed by atoms with Crippen molar-refractivity contribution in [2.75, 3.05) is 14.2 Å². The van der Waals surface area contributed by atoms with Gasteiger partial charge in [-0.15, -0.1) is 5.10 Å². The highest BCUT2D eigenvalue weighted by atomic mass is 32.2. The van der Waals surface area contributed by atoms with Crippen LogP contribution in [-0.2, 0) is 12.8 Å². The lowest BCUT2D eigenvalue weighted by Gasteiger charge is -2.14. The van der Waals surface area contributed by atoms with Gasteiger partial charge in [-0.2, -0.15) is 0 Å². The zero-order valence-corrected chi connectivity index (χ0v) is 13.5. The van der Waals surface area contributed by atoms with E-state index < -0.39 is 0 Å². The highest BCUT2D eigenvalue weighted by Gasteiger charge is 2.11. The predicted octanol–water partition coefficient (Wildman–Crippen LogP) is 1.69. The first-order valence-electron chi connectivity index (χ1n) is 6.65. The fourth-order valence-electron chi connectivity index (χ4n) is 1.95. The van der Waals surface area contributed by atoms with Gasteiger partial charge in [0.1, 0.15) is 5.75 Å². The average molecular weight is 308 g/mol. The number of rotatable bonds is 6. The SMILES string of the molecule is CNC(C)c1ccc(OC)c(CSc2n[nH]c(=O)n2C)c1. The lowest BCUT2D eigenvalue weighted by molar-refractivity contribution is 0.411. The standard InChI is InChI=1S/C14H20N4O2S/c1-9(15-2)10-5-6-12(20-4)11(7-10)8-21-14-17-16-13(19)18(14)3/h5-7,9,15H,8H2,1-4H3,(H,16,19). The van der Waals surface area contributed by atoms with Crippen molar-refractivity contribution >= 4 is 11.8 Å². The number of hydrogen-bond donors (Lipinski definition) is 2. The van der Waals surface area contributed by atoms with E-state index in [0.717, 1.165) is 11.3 Å². The lowest BCUT2D eigenvalue weighted by Crippen LogP contribution is -2.13. The summed E-state index contributed by atoms with van der Waals surface area (Å²) in [5.41, 5.74) is 2.07. The molecule has 0 aliphatic heterocycles. The van der Waals surface area contributed by atoms with Crippen LogP contribution in [0.15, 0.2) is 28.2 Å². The fraction of sp³-hybridized carbons (Fsp3) is 0.429. The number of methoxy groups -OCH3 is 1. The molecule has 0 radical (unpaired) electrons. The zero-order valence-electron chi connectivity index (χ0n) is 12.6. The number of aromatic amines is 1. The number of H-pyrrole nitrogens is 1. The fourth-order valence-corrected chi connectivity index (χ4v) is 2.85. The highest BCUT2D eigenvalue weighted by molar-refractivity contribution is 7.98. The van der Waals surface area contributed by atoms with Crippen molar-refractivity contribution in [2.45, 2.75) is 23.9 Å². The first-order valence-corrected chi connectivity index (χ1v) is 7.63. The van der Waals surface area contributed by atoms with E-state index in [1.807, 2.05) is 13.1 Å². The van der Waals surface area contributed by atoms with Crippen LogP contribution >= 0.6 is 11.8 Å².